The Kier molecular flexibility index (Phi) is 6.14. The smallest absolute Gasteiger partial charge is 0.191 e. The fourth-order valence-corrected chi connectivity index (χ4v) is 3.80. The van der Waals surface area contributed by atoms with Crippen LogP contribution in [0.4, 0.5) is 0 Å². The van der Waals surface area contributed by atoms with Gasteiger partial charge in [0.1, 0.15) is 5.75 Å². The maximum atomic E-state index is 6.11. The number of rotatable bonds is 6. The number of hydrogen-bond donors (Lipinski definition) is 0. The zero-order valence-corrected chi connectivity index (χ0v) is 18.4. The molecule has 0 spiro atoms. The SMILES string of the molecule is Cc1ccc(CSc2nnc(C(C)Oc3ccc(C(C)(C)C)cc3)n2C)cc1. The second kappa shape index (κ2) is 8.39. The largest absolute Gasteiger partial charge is 0.483 e. The maximum Gasteiger partial charge on any atom is 0.191 e. The van der Waals surface area contributed by atoms with E-state index in [1.165, 1.54) is 16.7 Å². The Morgan fingerprint density at radius 1 is 1.00 bits per heavy atom. The van der Waals surface area contributed by atoms with E-state index in [1.807, 2.05) is 30.7 Å². The number of thioether (sulfide) groups is 1. The Bertz CT molecular complexity index is 909. The lowest BCUT2D eigenvalue weighted by molar-refractivity contribution is 0.211. The molecular weight excluding hydrogens is 366 g/mol. The number of hydrogen-bond acceptors (Lipinski definition) is 4. The van der Waals surface area contributed by atoms with E-state index in [1.54, 1.807) is 11.8 Å². The summed E-state index contributed by atoms with van der Waals surface area (Å²) in [5, 5.41) is 9.61. The highest BCUT2D eigenvalue weighted by Gasteiger charge is 2.18. The fraction of sp³-hybridized carbons (Fsp3) is 0.391. The van der Waals surface area contributed by atoms with Gasteiger partial charge in [-0.05, 0) is 42.5 Å². The Morgan fingerprint density at radius 3 is 2.25 bits per heavy atom. The van der Waals surface area contributed by atoms with Crippen molar-refractivity contribution in [1.82, 2.24) is 14.8 Å². The standard InChI is InChI=1S/C23H29N3OS/c1-16-7-9-18(10-8-16)15-28-22-25-24-21(26(22)6)17(2)27-20-13-11-19(12-14-20)23(3,4)5/h7-14,17H,15H2,1-6H3. The average molecular weight is 396 g/mol. The van der Waals surface area contributed by atoms with Gasteiger partial charge in [0.2, 0.25) is 0 Å². The second-order valence-electron chi connectivity index (χ2n) is 8.21. The van der Waals surface area contributed by atoms with Crippen LogP contribution in [0.3, 0.4) is 0 Å². The monoisotopic (exact) mass is 395 g/mol. The topological polar surface area (TPSA) is 39.9 Å². The molecule has 4 nitrogen and oxygen atoms in total. The van der Waals surface area contributed by atoms with Gasteiger partial charge in [-0.2, -0.15) is 0 Å². The molecule has 0 aliphatic rings. The van der Waals surface area contributed by atoms with Gasteiger partial charge in [0.15, 0.2) is 17.1 Å². The lowest BCUT2D eigenvalue weighted by Crippen LogP contribution is -2.12. The van der Waals surface area contributed by atoms with Crippen molar-refractivity contribution in [2.75, 3.05) is 0 Å². The summed E-state index contributed by atoms with van der Waals surface area (Å²) in [5.41, 5.74) is 3.98. The Balaban J connectivity index is 1.64. The molecule has 0 N–H and O–H groups in total. The van der Waals surface area contributed by atoms with Crippen molar-refractivity contribution in [1.29, 1.82) is 0 Å². The molecule has 0 fully saturated rings. The van der Waals surface area contributed by atoms with Gasteiger partial charge in [0.25, 0.3) is 0 Å². The Hall–Kier alpha value is -2.27. The highest BCUT2D eigenvalue weighted by atomic mass is 32.2. The predicted molar refractivity (Wildman–Crippen MR) is 116 cm³/mol. The summed E-state index contributed by atoms with van der Waals surface area (Å²) in [4.78, 5) is 0. The third-order valence-electron chi connectivity index (χ3n) is 4.75. The summed E-state index contributed by atoms with van der Waals surface area (Å²) < 4.78 is 8.13. The van der Waals surface area contributed by atoms with E-state index in [2.05, 4.69) is 74.3 Å². The summed E-state index contributed by atoms with van der Waals surface area (Å²) >= 11 is 1.69. The van der Waals surface area contributed by atoms with Crippen molar-refractivity contribution in [3.63, 3.8) is 0 Å². The number of aryl methyl sites for hydroxylation is 1. The van der Waals surface area contributed by atoms with Crippen LogP contribution in [0.25, 0.3) is 0 Å². The molecule has 3 aromatic rings. The lowest BCUT2D eigenvalue weighted by atomic mass is 9.87. The molecule has 0 amide bonds. The van der Waals surface area contributed by atoms with E-state index in [9.17, 15) is 0 Å². The molecule has 5 heteroatoms. The molecule has 1 atom stereocenters. The minimum absolute atomic E-state index is 0.136. The fourth-order valence-electron chi connectivity index (χ4n) is 2.93. The van der Waals surface area contributed by atoms with Gasteiger partial charge >= 0.3 is 0 Å². The van der Waals surface area contributed by atoms with Crippen molar-refractivity contribution in [3.8, 4) is 5.75 Å². The Labute approximate surface area is 172 Å². The van der Waals surface area contributed by atoms with Gasteiger partial charge in [0, 0.05) is 12.8 Å². The van der Waals surface area contributed by atoms with Crippen molar-refractivity contribution < 1.29 is 4.74 Å². The number of ether oxygens (including phenoxy) is 1. The molecule has 148 valence electrons. The molecule has 28 heavy (non-hydrogen) atoms. The Morgan fingerprint density at radius 2 is 1.64 bits per heavy atom. The first-order valence-electron chi connectivity index (χ1n) is 9.59. The molecule has 1 unspecified atom stereocenters. The highest BCUT2D eigenvalue weighted by molar-refractivity contribution is 7.98. The van der Waals surface area contributed by atoms with Gasteiger partial charge in [-0.1, -0.05) is 74.5 Å². The maximum absolute atomic E-state index is 6.11. The first kappa shape index (κ1) is 20.5. The third-order valence-corrected chi connectivity index (χ3v) is 5.85. The van der Waals surface area contributed by atoms with Crippen LogP contribution in [-0.2, 0) is 18.2 Å². The van der Waals surface area contributed by atoms with Crippen LogP contribution in [0.5, 0.6) is 5.75 Å². The molecular formula is C23H29N3OS. The summed E-state index contributed by atoms with van der Waals surface area (Å²) in [6.07, 6.45) is -0.174. The number of nitrogens with zero attached hydrogens (tertiary/aromatic N) is 3. The van der Waals surface area contributed by atoms with Crippen LogP contribution in [0.1, 0.15) is 56.3 Å². The van der Waals surface area contributed by atoms with Crippen LogP contribution in [0, 0.1) is 6.92 Å². The van der Waals surface area contributed by atoms with Gasteiger partial charge in [-0.15, -0.1) is 10.2 Å². The summed E-state index contributed by atoms with van der Waals surface area (Å²) in [6, 6.07) is 16.9. The van der Waals surface area contributed by atoms with Crippen LogP contribution >= 0.6 is 11.8 Å². The first-order valence-corrected chi connectivity index (χ1v) is 10.6. The molecule has 0 saturated carbocycles. The van der Waals surface area contributed by atoms with E-state index in [0.717, 1.165) is 22.5 Å². The molecule has 3 rings (SSSR count). The quantitative estimate of drug-likeness (QED) is 0.491. The van der Waals surface area contributed by atoms with Gasteiger partial charge in [0.05, 0.1) is 0 Å². The zero-order chi connectivity index (χ0) is 20.3. The normalized spacial score (nSPS) is 12.8. The van der Waals surface area contributed by atoms with E-state index < -0.39 is 0 Å². The van der Waals surface area contributed by atoms with Crippen molar-refractivity contribution in [3.05, 3.63) is 71.0 Å². The molecule has 1 heterocycles. The van der Waals surface area contributed by atoms with Crippen molar-refractivity contribution in [2.24, 2.45) is 7.05 Å². The molecule has 2 aromatic carbocycles. The molecule has 0 aliphatic carbocycles. The molecule has 0 bridgehead atoms. The summed E-state index contributed by atoms with van der Waals surface area (Å²) in [5.74, 6) is 2.54. The first-order chi connectivity index (χ1) is 13.2. The number of aromatic nitrogens is 3. The van der Waals surface area contributed by atoms with E-state index in [4.69, 9.17) is 4.74 Å². The van der Waals surface area contributed by atoms with E-state index >= 15 is 0 Å². The summed E-state index contributed by atoms with van der Waals surface area (Å²) in [7, 11) is 2.00. The molecule has 0 aliphatic heterocycles. The van der Waals surface area contributed by atoms with Gasteiger partial charge < -0.3 is 9.30 Å². The highest BCUT2D eigenvalue weighted by Crippen LogP contribution is 2.28. The number of benzene rings is 2. The van der Waals surface area contributed by atoms with Crippen LogP contribution < -0.4 is 4.74 Å². The average Bonchev–Trinajstić information content (AvgIpc) is 3.02. The minimum atomic E-state index is -0.174. The lowest BCUT2D eigenvalue weighted by Gasteiger charge is -2.20. The summed E-state index contributed by atoms with van der Waals surface area (Å²) in [6.45, 7) is 10.7. The van der Waals surface area contributed by atoms with E-state index in [0.29, 0.717) is 0 Å². The van der Waals surface area contributed by atoms with Crippen LogP contribution in [-0.4, -0.2) is 14.8 Å². The van der Waals surface area contributed by atoms with Crippen molar-refractivity contribution >= 4 is 11.8 Å². The van der Waals surface area contributed by atoms with Gasteiger partial charge in [-0.25, -0.2) is 0 Å². The molecule has 0 saturated heterocycles. The van der Waals surface area contributed by atoms with Crippen LogP contribution in [0.15, 0.2) is 53.7 Å². The van der Waals surface area contributed by atoms with Gasteiger partial charge in [-0.3, -0.25) is 0 Å². The van der Waals surface area contributed by atoms with Crippen molar-refractivity contribution in [2.45, 2.75) is 57.0 Å². The minimum Gasteiger partial charge on any atom is -0.483 e. The van der Waals surface area contributed by atoms with Crippen LogP contribution in [0.2, 0.25) is 0 Å². The third kappa shape index (κ3) is 4.96. The molecule has 1 aromatic heterocycles. The second-order valence-corrected chi connectivity index (χ2v) is 9.15. The zero-order valence-electron chi connectivity index (χ0n) is 17.6. The van der Waals surface area contributed by atoms with E-state index in [-0.39, 0.29) is 11.5 Å². The molecule has 0 radical (unpaired) electrons. The predicted octanol–water partition coefficient (Wildman–Crippen LogP) is 5.85.